The first-order valence-corrected chi connectivity index (χ1v) is 14.3. The second-order valence-electron chi connectivity index (χ2n) is 9.86. The van der Waals surface area contributed by atoms with E-state index in [9.17, 15) is 38.4 Å². The number of hydrogen-bond donors (Lipinski definition) is 0. The van der Waals surface area contributed by atoms with Crippen molar-refractivity contribution in [2.45, 2.75) is 77.0 Å². The molecule has 0 aliphatic carbocycles. The molecule has 0 rings (SSSR count). The van der Waals surface area contributed by atoms with Crippen LogP contribution in [0.1, 0.15) is 77.0 Å². The van der Waals surface area contributed by atoms with Gasteiger partial charge < -0.3 is 37.9 Å². The van der Waals surface area contributed by atoms with E-state index in [2.05, 4.69) is 18.9 Å². The van der Waals surface area contributed by atoms with Crippen LogP contribution in [0.2, 0.25) is 0 Å². The molecule has 0 heterocycles. The van der Waals surface area contributed by atoms with Gasteiger partial charge in [-0.3, -0.25) is 38.4 Å². The van der Waals surface area contributed by atoms with Gasteiger partial charge in [0.05, 0.1) is 28.4 Å². The normalized spacial score (nSPS) is 10.6. The summed E-state index contributed by atoms with van der Waals surface area (Å²) in [6.45, 7) is -2.09. The highest BCUT2D eigenvalue weighted by atomic mass is 16.6. The Morgan fingerprint density at radius 2 is 0.511 bits per heavy atom. The molecule has 0 N–H and O–H groups in total. The summed E-state index contributed by atoms with van der Waals surface area (Å²) in [4.78, 5) is 95.2. The quantitative estimate of drug-likeness (QED) is 0.107. The summed E-state index contributed by atoms with van der Waals surface area (Å²) in [7, 11) is 4.83. The summed E-state index contributed by atoms with van der Waals surface area (Å²) >= 11 is 0. The molecule has 45 heavy (non-hydrogen) atoms. The molecule has 0 aliphatic rings. The van der Waals surface area contributed by atoms with Crippen LogP contribution < -0.4 is 0 Å². The van der Waals surface area contributed by atoms with E-state index in [-0.39, 0.29) is 77.0 Å². The Balaban J connectivity index is 5.70. The summed E-state index contributed by atoms with van der Waals surface area (Å²) < 4.78 is 39.6. The number of methoxy groups -OCH3 is 4. The Bertz CT molecular complexity index is 831. The second kappa shape index (κ2) is 24.1. The summed E-state index contributed by atoms with van der Waals surface area (Å²) in [5, 5.41) is 0. The van der Waals surface area contributed by atoms with Crippen LogP contribution in [0.5, 0.6) is 0 Å². The predicted octanol–water partition coefficient (Wildman–Crippen LogP) is 1.52. The molecule has 0 atom stereocenters. The van der Waals surface area contributed by atoms with Crippen molar-refractivity contribution in [2.75, 3.05) is 54.9 Å². The smallest absolute Gasteiger partial charge is 0.305 e. The van der Waals surface area contributed by atoms with Gasteiger partial charge in [0.15, 0.2) is 0 Å². The van der Waals surface area contributed by atoms with Gasteiger partial charge in [0, 0.05) is 51.4 Å². The molecule has 0 amide bonds. The summed E-state index contributed by atoms with van der Waals surface area (Å²) in [5.41, 5.74) is -1.56. The fourth-order valence-corrected chi connectivity index (χ4v) is 3.39. The molecular weight excluding hydrogens is 604 g/mol. The highest BCUT2D eigenvalue weighted by Gasteiger charge is 2.38. The molecule has 256 valence electrons. The zero-order valence-electron chi connectivity index (χ0n) is 26.3. The van der Waals surface area contributed by atoms with Gasteiger partial charge in [-0.25, -0.2) is 0 Å². The third-order valence-electron chi connectivity index (χ3n) is 6.12. The van der Waals surface area contributed by atoms with Gasteiger partial charge in [0.25, 0.3) is 0 Å². The molecule has 0 aliphatic heterocycles. The Kier molecular flexibility index (Phi) is 21.9. The lowest BCUT2D eigenvalue weighted by Gasteiger charge is -2.31. The summed E-state index contributed by atoms with van der Waals surface area (Å²) in [5.74, 6) is -5.01. The van der Waals surface area contributed by atoms with Gasteiger partial charge in [-0.1, -0.05) is 0 Å². The number of ether oxygens (including phenoxy) is 8. The Morgan fingerprint density at radius 3 is 0.689 bits per heavy atom. The minimum atomic E-state index is -1.56. The first-order valence-electron chi connectivity index (χ1n) is 14.3. The van der Waals surface area contributed by atoms with Crippen molar-refractivity contribution in [3.05, 3.63) is 0 Å². The third kappa shape index (κ3) is 21.2. The number of carbonyl (C=O) groups excluding carboxylic acids is 8. The van der Waals surface area contributed by atoms with E-state index in [1.165, 1.54) is 28.4 Å². The highest BCUT2D eigenvalue weighted by molar-refractivity contribution is 5.74. The first kappa shape index (κ1) is 40.8. The molecule has 0 spiro atoms. The monoisotopic (exact) mass is 648 g/mol. The van der Waals surface area contributed by atoms with Crippen LogP contribution in [0.15, 0.2) is 0 Å². The molecule has 0 saturated heterocycles. The molecule has 0 radical (unpaired) electrons. The lowest BCUT2D eigenvalue weighted by atomic mass is 9.92. The van der Waals surface area contributed by atoms with Gasteiger partial charge in [-0.05, 0) is 25.7 Å². The molecule has 0 aromatic rings. The first-order chi connectivity index (χ1) is 21.4. The molecule has 0 fully saturated rings. The van der Waals surface area contributed by atoms with E-state index >= 15 is 0 Å². The standard InChI is InChI=1S/C29H44O16/c1-38-21(30)9-5-13-25(34)42-17-29(18-43-26(35)14-6-10-22(31)39-2,19-44-27(36)15-7-11-23(32)40-3)20-45-28(37)16-8-12-24(33)41-4/h5-20H2,1-4H3. The molecule has 0 unspecified atom stereocenters. The van der Waals surface area contributed by atoms with Crippen molar-refractivity contribution < 1.29 is 76.3 Å². The molecule has 0 bridgehead atoms. The fraction of sp³-hybridized carbons (Fsp3) is 0.724. The van der Waals surface area contributed by atoms with E-state index < -0.39 is 79.6 Å². The number of esters is 8. The maximum atomic E-state index is 12.4. The van der Waals surface area contributed by atoms with E-state index in [0.29, 0.717) is 0 Å². The molecule has 0 aromatic carbocycles. The van der Waals surface area contributed by atoms with Crippen molar-refractivity contribution in [1.82, 2.24) is 0 Å². The molecule has 16 heteroatoms. The molecular formula is C29H44O16. The van der Waals surface area contributed by atoms with Crippen LogP contribution in [0.25, 0.3) is 0 Å². The average Bonchev–Trinajstić information content (AvgIpc) is 3.03. The Morgan fingerprint density at radius 1 is 0.333 bits per heavy atom. The fourth-order valence-electron chi connectivity index (χ4n) is 3.39. The van der Waals surface area contributed by atoms with E-state index in [1.54, 1.807) is 0 Å². The van der Waals surface area contributed by atoms with E-state index in [0.717, 1.165) is 0 Å². The maximum Gasteiger partial charge on any atom is 0.305 e. The van der Waals surface area contributed by atoms with Gasteiger partial charge >= 0.3 is 47.8 Å². The number of carbonyl (C=O) groups is 8. The number of rotatable bonds is 24. The van der Waals surface area contributed by atoms with Gasteiger partial charge in [-0.2, -0.15) is 0 Å². The highest BCUT2D eigenvalue weighted by Crippen LogP contribution is 2.23. The van der Waals surface area contributed by atoms with Crippen LogP contribution in [0, 0.1) is 5.41 Å². The van der Waals surface area contributed by atoms with Crippen LogP contribution >= 0.6 is 0 Å². The predicted molar refractivity (Wildman–Crippen MR) is 150 cm³/mol. The SMILES string of the molecule is COC(=O)CCCC(=O)OCC(COC(=O)CCCC(=O)OC)(COC(=O)CCCC(=O)OC)COC(=O)CCCC(=O)OC. The van der Waals surface area contributed by atoms with Gasteiger partial charge in [0.1, 0.15) is 31.8 Å². The van der Waals surface area contributed by atoms with Crippen molar-refractivity contribution in [3.8, 4) is 0 Å². The summed E-state index contributed by atoms with van der Waals surface area (Å²) in [6, 6.07) is 0. The maximum absolute atomic E-state index is 12.4. The van der Waals surface area contributed by atoms with Gasteiger partial charge in [0.2, 0.25) is 0 Å². The average molecular weight is 649 g/mol. The largest absolute Gasteiger partial charge is 0.469 e. The van der Waals surface area contributed by atoms with Crippen LogP contribution in [-0.4, -0.2) is 103 Å². The van der Waals surface area contributed by atoms with Crippen LogP contribution in [-0.2, 0) is 76.3 Å². The van der Waals surface area contributed by atoms with Crippen molar-refractivity contribution in [2.24, 2.45) is 5.41 Å². The minimum absolute atomic E-state index is 0.0354. The molecule has 0 saturated carbocycles. The lowest BCUT2D eigenvalue weighted by molar-refractivity contribution is -0.170. The second-order valence-corrected chi connectivity index (χ2v) is 9.86. The van der Waals surface area contributed by atoms with E-state index in [1.807, 2.05) is 0 Å². The van der Waals surface area contributed by atoms with Crippen LogP contribution in [0.4, 0.5) is 0 Å². The van der Waals surface area contributed by atoms with Crippen molar-refractivity contribution >= 4 is 47.8 Å². The third-order valence-corrected chi connectivity index (χ3v) is 6.12. The van der Waals surface area contributed by atoms with Crippen molar-refractivity contribution in [3.63, 3.8) is 0 Å². The number of hydrogen-bond acceptors (Lipinski definition) is 16. The zero-order chi connectivity index (χ0) is 34.1. The Labute approximate surface area is 261 Å². The minimum Gasteiger partial charge on any atom is -0.469 e. The molecule has 0 aromatic heterocycles. The lowest BCUT2D eigenvalue weighted by Crippen LogP contribution is -2.44. The van der Waals surface area contributed by atoms with E-state index in [4.69, 9.17) is 18.9 Å². The topological polar surface area (TPSA) is 210 Å². The Hall–Kier alpha value is -4.24. The van der Waals surface area contributed by atoms with Gasteiger partial charge in [-0.15, -0.1) is 0 Å². The van der Waals surface area contributed by atoms with Crippen molar-refractivity contribution in [1.29, 1.82) is 0 Å². The zero-order valence-corrected chi connectivity index (χ0v) is 26.3. The van der Waals surface area contributed by atoms with Crippen LogP contribution in [0.3, 0.4) is 0 Å². The molecule has 16 nitrogen and oxygen atoms in total. The summed E-state index contributed by atoms with van der Waals surface area (Å²) in [6.07, 6.45) is -0.320.